The van der Waals surface area contributed by atoms with E-state index in [9.17, 15) is 15.0 Å². The maximum Gasteiger partial charge on any atom is 0.221 e. The van der Waals surface area contributed by atoms with Crippen molar-refractivity contribution in [1.82, 2.24) is 15.3 Å². The van der Waals surface area contributed by atoms with Gasteiger partial charge >= 0.3 is 0 Å². The molecular formula is C10H15ClN4O3. The third-order valence-electron chi connectivity index (χ3n) is 2.28. The number of carbonyl (C=O) groups is 1. The number of aliphatic hydroxyl groups excluding tert-OH is 2. The molecule has 0 aliphatic heterocycles. The fourth-order valence-corrected chi connectivity index (χ4v) is 1.59. The van der Waals surface area contributed by atoms with Gasteiger partial charge in [0.2, 0.25) is 11.9 Å². The molecule has 1 aromatic rings. The van der Waals surface area contributed by atoms with Crippen molar-refractivity contribution in [2.24, 2.45) is 0 Å². The third kappa shape index (κ3) is 4.10. The summed E-state index contributed by atoms with van der Waals surface area (Å²) >= 11 is 5.78. The van der Waals surface area contributed by atoms with Crippen molar-refractivity contribution in [3.63, 3.8) is 0 Å². The number of anilines is 1. The fraction of sp³-hybridized carbons (Fsp3) is 0.500. The van der Waals surface area contributed by atoms with Crippen LogP contribution in [0.5, 0.6) is 0 Å². The molecule has 2 unspecified atom stereocenters. The molecule has 0 saturated carbocycles. The summed E-state index contributed by atoms with van der Waals surface area (Å²) in [6.07, 6.45) is -0.869. The van der Waals surface area contributed by atoms with E-state index in [4.69, 9.17) is 17.3 Å². The zero-order chi connectivity index (χ0) is 13.7. The first kappa shape index (κ1) is 14.6. The molecule has 1 amide bonds. The highest BCUT2D eigenvalue weighted by atomic mass is 35.5. The van der Waals surface area contributed by atoms with E-state index in [2.05, 4.69) is 15.3 Å². The average Bonchev–Trinajstić information content (AvgIpc) is 2.27. The normalized spacial score (nSPS) is 14.0. The van der Waals surface area contributed by atoms with Crippen molar-refractivity contribution in [3.8, 4) is 0 Å². The number of nitrogens with one attached hydrogen (secondary N) is 1. The summed E-state index contributed by atoms with van der Waals surface area (Å²) in [4.78, 5) is 18.0. The first-order valence-electron chi connectivity index (χ1n) is 5.30. The predicted molar refractivity (Wildman–Crippen MR) is 65.7 cm³/mol. The van der Waals surface area contributed by atoms with Crippen LogP contribution in [0.1, 0.15) is 25.0 Å². The van der Waals surface area contributed by atoms with Crippen LogP contribution in [0.2, 0.25) is 5.15 Å². The van der Waals surface area contributed by atoms with E-state index < -0.39 is 12.2 Å². The number of hydrogen-bond acceptors (Lipinski definition) is 6. The summed E-state index contributed by atoms with van der Waals surface area (Å²) in [5, 5.41) is 22.1. The number of nitrogen functional groups attached to an aromatic ring is 1. The second kappa shape index (κ2) is 6.48. The summed E-state index contributed by atoms with van der Waals surface area (Å²) in [5.74, 6) is -0.214. The predicted octanol–water partition coefficient (Wildman–Crippen LogP) is -0.367. The van der Waals surface area contributed by atoms with E-state index in [1.807, 2.05) is 0 Å². The van der Waals surface area contributed by atoms with Gasteiger partial charge in [-0.05, 0) is 6.42 Å². The average molecular weight is 275 g/mol. The molecule has 1 rings (SSSR count). The Kier molecular flexibility index (Phi) is 5.26. The van der Waals surface area contributed by atoms with Gasteiger partial charge in [-0.2, -0.15) is 0 Å². The van der Waals surface area contributed by atoms with Crippen molar-refractivity contribution in [3.05, 3.63) is 16.9 Å². The van der Waals surface area contributed by atoms with Gasteiger partial charge in [-0.3, -0.25) is 4.79 Å². The number of aliphatic hydroxyl groups is 2. The topological polar surface area (TPSA) is 121 Å². The van der Waals surface area contributed by atoms with E-state index >= 15 is 0 Å². The zero-order valence-corrected chi connectivity index (χ0v) is 10.6. The van der Waals surface area contributed by atoms with Crippen LogP contribution in [0.15, 0.2) is 6.20 Å². The lowest BCUT2D eigenvalue weighted by molar-refractivity contribution is -0.119. The molecule has 8 heteroatoms. The lowest BCUT2D eigenvalue weighted by Gasteiger charge is -2.18. The molecule has 0 spiro atoms. The summed E-state index contributed by atoms with van der Waals surface area (Å²) in [6, 6.07) is 0. The first-order valence-corrected chi connectivity index (χ1v) is 5.68. The van der Waals surface area contributed by atoms with E-state index in [0.717, 1.165) is 0 Å². The molecule has 0 aliphatic rings. The van der Waals surface area contributed by atoms with E-state index in [1.54, 1.807) is 0 Å². The van der Waals surface area contributed by atoms with Gasteiger partial charge in [0, 0.05) is 25.2 Å². The van der Waals surface area contributed by atoms with Gasteiger partial charge in [-0.1, -0.05) is 11.6 Å². The quantitative estimate of drug-likeness (QED) is 0.544. The van der Waals surface area contributed by atoms with E-state index in [-0.39, 0.29) is 35.5 Å². The number of halogens is 1. The van der Waals surface area contributed by atoms with Gasteiger partial charge in [0.25, 0.3) is 0 Å². The molecule has 18 heavy (non-hydrogen) atoms. The van der Waals surface area contributed by atoms with Crippen molar-refractivity contribution >= 4 is 23.5 Å². The Hall–Kier alpha value is -1.44. The minimum absolute atomic E-state index is 0.00595. The smallest absolute Gasteiger partial charge is 0.221 e. The molecule has 0 saturated heterocycles. The van der Waals surface area contributed by atoms with Gasteiger partial charge in [-0.25, -0.2) is 9.97 Å². The van der Waals surface area contributed by atoms with Crippen LogP contribution in [0.4, 0.5) is 5.95 Å². The lowest BCUT2D eigenvalue weighted by atomic mass is 10.1. The van der Waals surface area contributed by atoms with Crippen molar-refractivity contribution in [1.29, 1.82) is 0 Å². The number of aromatic nitrogens is 2. The Bertz CT molecular complexity index is 430. The molecule has 7 nitrogen and oxygen atoms in total. The van der Waals surface area contributed by atoms with Crippen LogP contribution < -0.4 is 11.1 Å². The standard InChI is InChI=1S/C10H15ClN4O3/c1-5(16)13-3-2-7(17)8(18)6-4-14-10(12)15-9(6)11/h4,7-8,17-18H,2-3H2,1H3,(H,13,16)(H2,12,14,15). The lowest BCUT2D eigenvalue weighted by Crippen LogP contribution is -2.28. The zero-order valence-electron chi connectivity index (χ0n) is 9.80. The molecule has 1 heterocycles. The number of nitrogens with two attached hydrogens (primary N) is 1. The second-order valence-electron chi connectivity index (χ2n) is 3.76. The van der Waals surface area contributed by atoms with Crippen LogP contribution in [-0.2, 0) is 4.79 Å². The molecule has 2 atom stereocenters. The number of nitrogens with zero attached hydrogens (tertiary/aromatic N) is 2. The summed E-state index contributed by atoms with van der Waals surface area (Å²) in [7, 11) is 0. The highest BCUT2D eigenvalue weighted by Gasteiger charge is 2.21. The Morgan fingerprint density at radius 1 is 1.61 bits per heavy atom. The van der Waals surface area contributed by atoms with Gasteiger partial charge in [0.05, 0.1) is 6.10 Å². The molecule has 100 valence electrons. The molecule has 0 radical (unpaired) electrons. The minimum Gasteiger partial charge on any atom is -0.390 e. The second-order valence-corrected chi connectivity index (χ2v) is 4.12. The van der Waals surface area contributed by atoms with Crippen LogP contribution in [0.3, 0.4) is 0 Å². The van der Waals surface area contributed by atoms with Crippen LogP contribution >= 0.6 is 11.6 Å². The van der Waals surface area contributed by atoms with E-state index in [1.165, 1.54) is 13.1 Å². The fourth-order valence-electron chi connectivity index (χ4n) is 1.34. The number of carbonyl (C=O) groups excluding carboxylic acids is 1. The van der Waals surface area contributed by atoms with Crippen LogP contribution in [0.25, 0.3) is 0 Å². The first-order chi connectivity index (χ1) is 8.41. The Balaban J connectivity index is 2.62. The number of rotatable bonds is 5. The summed E-state index contributed by atoms with van der Waals surface area (Å²) < 4.78 is 0. The number of hydrogen-bond donors (Lipinski definition) is 4. The largest absolute Gasteiger partial charge is 0.390 e. The SMILES string of the molecule is CC(=O)NCCC(O)C(O)c1cnc(N)nc1Cl. The highest BCUT2D eigenvalue weighted by molar-refractivity contribution is 6.30. The van der Waals surface area contributed by atoms with Gasteiger partial charge < -0.3 is 21.3 Å². The number of amides is 1. The Morgan fingerprint density at radius 2 is 2.28 bits per heavy atom. The van der Waals surface area contributed by atoms with Crippen LogP contribution in [-0.4, -0.2) is 38.7 Å². The van der Waals surface area contributed by atoms with Gasteiger partial charge in [0.15, 0.2) is 0 Å². The molecular weight excluding hydrogens is 260 g/mol. The van der Waals surface area contributed by atoms with Crippen molar-refractivity contribution in [2.45, 2.75) is 25.6 Å². The summed E-state index contributed by atoms with van der Waals surface area (Å²) in [6.45, 7) is 1.62. The highest BCUT2D eigenvalue weighted by Crippen LogP contribution is 2.24. The molecule has 1 aromatic heterocycles. The maximum absolute atomic E-state index is 10.6. The van der Waals surface area contributed by atoms with Crippen molar-refractivity contribution < 1.29 is 15.0 Å². The van der Waals surface area contributed by atoms with Crippen molar-refractivity contribution in [2.75, 3.05) is 12.3 Å². The third-order valence-corrected chi connectivity index (χ3v) is 2.59. The molecule has 5 N–H and O–H groups in total. The summed E-state index contributed by atoms with van der Waals surface area (Å²) in [5.41, 5.74) is 5.51. The van der Waals surface area contributed by atoms with Gasteiger partial charge in [-0.15, -0.1) is 0 Å². The molecule has 0 fully saturated rings. The monoisotopic (exact) mass is 274 g/mol. The Labute approximate surface area is 109 Å². The van der Waals surface area contributed by atoms with Gasteiger partial charge in [0.1, 0.15) is 11.3 Å². The van der Waals surface area contributed by atoms with Crippen LogP contribution in [0, 0.1) is 0 Å². The molecule has 0 aliphatic carbocycles. The Morgan fingerprint density at radius 3 is 2.83 bits per heavy atom. The maximum atomic E-state index is 10.6. The van der Waals surface area contributed by atoms with E-state index in [0.29, 0.717) is 0 Å². The molecule has 0 aromatic carbocycles. The minimum atomic E-state index is -1.23. The molecule has 0 bridgehead atoms.